The highest BCUT2D eigenvalue weighted by atomic mass is 35.5. The maximum absolute atomic E-state index is 13.0. The van der Waals surface area contributed by atoms with Gasteiger partial charge in [-0.25, -0.2) is 4.98 Å². The van der Waals surface area contributed by atoms with Crippen LogP contribution in [0.4, 0.5) is 0 Å². The van der Waals surface area contributed by atoms with Crippen molar-refractivity contribution in [2.45, 2.75) is 51.4 Å². The summed E-state index contributed by atoms with van der Waals surface area (Å²) in [6.07, 6.45) is 3.01. The first-order valence-corrected chi connectivity index (χ1v) is 11.6. The van der Waals surface area contributed by atoms with Gasteiger partial charge in [0.05, 0.1) is 29.3 Å². The first kappa shape index (κ1) is 20.8. The van der Waals surface area contributed by atoms with Gasteiger partial charge in [-0.05, 0) is 32.8 Å². The normalized spacial score (nSPS) is 25.5. The van der Waals surface area contributed by atoms with E-state index in [1.54, 1.807) is 11.3 Å². The molecule has 2 fully saturated rings. The molecule has 0 saturated carbocycles. The van der Waals surface area contributed by atoms with Crippen LogP contribution in [0.25, 0.3) is 10.6 Å². The number of hydrogen-bond acceptors (Lipinski definition) is 5. The number of hydrogen-bond donors (Lipinski definition) is 0. The predicted molar refractivity (Wildman–Crippen MR) is 117 cm³/mol. The molecular weight excluding hydrogens is 406 g/mol. The fourth-order valence-electron chi connectivity index (χ4n) is 4.49. The van der Waals surface area contributed by atoms with Crippen molar-refractivity contribution in [3.63, 3.8) is 0 Å². The van der Waals surface area contributed by atoms with Crippen LogP contribution in [-0.4, -0.2) is 65.1 Å². The van der Waals surface area contributed by atoms with Gasteiger partial charge in [-0.15, -0.1) is 11.3 Å². The average molecular weight is 434 g/mol. The van der Waals surface area contributed by atoms with E-state index in [1.807, 2.05) is 29.6 Å². The van der Waals surface area contributed by atoms with E-state index in [1.165, 1.54) is 0 Å². The highest BCUT2D eigenvalue weighted by Crippen LogP contribution is 2.30. The molecule has 3 heterocycles. The number of halogens is 1. The minimum Gasteiger partial charge on any atom is -0.373 e. The van der Waals surface area contributed by atoms with Gasteiger partial charge < -0.3 is 9.64 Å². The fraction of sp³-hybridized carbons (Fsp3) is 0.545. The number of rotatable bonds is 5. The smallest absolute Gasteiger partial charge is 0.228 e. The van der Waals surface area contributed by atoms with Gasteiger partial charge in [0.1, 0.15) is 5.01 Å². The summed E-state index contributed by atoms with van der Waals surface area (Å²) in [5, 5.41) is 3.54. The van der Waals surface area contributed by atoms with Crippen LogP contribution in [0.3, 0.4) is 0 Å². The number of carbonyl (C=O) groups is 1. The number of amides is 1. The third kappa shape index (κ3) is 5.00. The molecule has 1 aromatic carbocycles. The minimum absolute atomic E-state index is 0.179. The number of thiazole rings is 1. The Morgan fingerprint density at radius 2 is 2.03 bits per heavy atom. The number of benzene rings is 1. The van der Waals surface area contributed by atoms with E-state index in [2.05, 4.69) is 28.6 Å². The Kier molecular flexibility index (Phi) is 6.54. The lowest BCUT2D eigenvalue weighted by Crippen LogP contribution is -2.51. The third-order valence-electron chi connectivity index (χ3n) is 5.65. The molecule has 1 amide bonds. The first-order chi connectivity index (χ1) is 14.0. The number of carbonyl (C=O) groups excluding carboxylic acids is 1. The first-order valence-electron chi connectivity index (χ1n) is 10.4. The average Bonchev–Trinajstić information content (AvgIpc) is 3.31. The summed E-state index contributed by atoms with van der Waals surface area (Å²) in [6, 6.07) is 7.99. The van der Waals surface area contributed by atoms with E-state index < -0.39 is 0 Å². The topological polar surface area (TPSA) is 45.7 Å². The van der Waals surface area contributed by atoms with Crippen molar-refractivity contribution >= 4 is 28.8 Å². The molecule has 3 unspecified atom stereocenters. The molecule has 2 saturated heterocycles. The molecule has 3 atom stereocenters. The van der Waals surface area contributed by atoms with Crippen molar-refractivity contribution in [2.75, 3.05) is 26.2 Å². The minimum atomic E-state index is 0.179. The summed E-state index contributed by atoms with van der Waals surface area (Å²) in [5.41, 5.74) is 1.75. The maximum atomic E-state index is 13.0. The molecule has 2 aliphatic rings. The lowest BCUT2D eigenvalue weighted by molar-refractivity contribution is -0.132. The summed E-state index contributed by atoms with van der Waals surface area (Å²) < 4.78 is 5.84. The van der Waals surface area contributed by atoms with E-state index in [-0.39, 0.29) is 18.1 Å². The summed E-state index contributed by atoms with van der Waals surface area (Å²) in [7, 11) is 0. The molecular formula is C22H28ClN3O2S. The van der Waals surface area contributed by atoms with Crippen molar-refractivity contribution in [1.29, 1.82) is 0 Å². The van der Waals surface area contributed by atoms with Crippen molar-refractivity contribution in [3.05, 3.63) is 40.4 Å². The lowest BCUT2D eigenvalue weighted by Gasteiger charge is -2.38. The molecule has 1 aromatic heterocycles. The predicted octanol–water partition coefficient (Wildman–Crippen LogP) is 4.11. The zero-order valence-electron chi connectivity index (χ0n) is 17.0. The second kappa shape index (κ2) is 9.13. The fourth-order valence-corrected chi connectivity index (χ4v) is 5.63. The molecule has 7 heteroatoms. The number of morpholine rings is 1. The van der Waals surface area contributed by atoms with E-state index in [4.69, 9.17) is 16.3 Å². The Morgan fingerprint density at radius 3 is 2.79 bits per heavy atom. The van der Waals surface area contributed by atoms with Crippen molar-refractivity contribution in [3.8, 4) is 10.6 Å². The zero-order chi connectivity index (χ0) is 20.4. The van der Waals surface area contributed by atoms with Crippen molar-refractivity contribution < 1.29 is 9.53 Å². The molecule has 5 nitrogen and oxygen atoms in total. The van der Waals surface area contributed by atoms with E-state index in [0.29, 0.717) is 17.5 Å². The van der Waals surface area contributed by atoms with Gasteiger partial charge in [0, 0.05) is 43.2 Å². The number of nitrogens with zero attached hydrogens (tertiary/aromatic N) is 3. The van der Waals surface area contributed by atoms with E-state index in [0.717, 1.165) is 55.3 Å². The molecule has 0 bridgehead atoms. The second-order valence-electron chi connectivity index (χ2n) is 8.16. The van der Waals surface area contributed by atoms with Crippen LogP contribution >= 0.6 is 22.9 Å². The van der Waals surface area contributed by atoms with Gasteiger partial charge in [0.2, 0.25) is 5.91 Å². The van der Waals surface area contributed by atoms with Crippen molar-refractivity contribution in [1.82, 2.24) is 14.8 Å². The summed E-state index contributed by atoms with van der Waals surface area (Å²) in [6.45, 7) is 7.91. The summed E-state index contributed by atoms with van der Waals surface area (Å²) in [5.74, 6) is 0.179. The molecule has 2 aromatic rings. The van der Waals surface area contributed by atoms with Crippen LogP contribution in [0.1, 0.15) is 32.4 Å². The van der Waals surface area contributed by atoms with E-state index in [9.17, 15) is 4.79 Å². The van der Waals surface area contributed by atoms with Gasteiger partial charge >= 0.3 is 0 Å². The zero-order valence-corrected chi connectivity index (χ0v) is 18.6. The Bertz CT molecular complexity index is 848. The van der Waals surface area contributed by atoms with Gasteiger partial charge in [-0.2, -0.15) is 0 Å². The standard InChI is InChI=1S/C22H28ClN3O2S/c1-15-11-25(12-16(2)28-15)13-18-6-5-9-26(18)21(27)10-17-14-29-22(24-17)19-7-3-4-8-20(19)23/h3-4,7-8,14-16,18H,5-6,9-13H2,1-2H3. The molecule has 0 radical (unpaired) electrons. The van der Waals surface area contributed by atoms with Crippen LogP contribution in [0, 0.1) is 0 Å². The SMILES string of the molecule is CC1CN(CC2CCCN2C(=O)Cc2csc(-c3ccccc3Cl)n2)CC(C)O1. The largest absolute Gasteiger partial charge is 0.373 e. The van der Waals surface area contributed by atoms with E-state index >= 15 is 0 Å². The van der Waals surface area contributed by atoms with Crippen LogP contribution in [0.5, 0.6) is 0 Å². The van der Waals surface area contributed by atoms with Crippen LogP contribution < -0.4 is 0 Å². The van der Waals surface area contributed by atoms with Crippen molar-refractivity contribution in [2.24, 2.45) is 0 Å². The molecule has 0 N–H and O–H groups in total. The Morgan fingerprint density at radius 1 is 1.28 bits per heavy atom. The summed E-state index contributed by atoms with van der Waals surface area (Å²) >= 11 is 7.83. The van der Waals surface area contributed by atoms with Crippen LogP contribution in [0.15, 0.2) is 29.6 Å². The molecule has 4 rings (SSSR count). The highest BCUT2D eigenvalue weighted by molar-refractivity contribution is 7.13. The monoisotopic (exact) mass is 433 g/mol. The van der Waals surface area contributed by atoms with Gasteiger partial charge in [-0.3, -0.25) is 9.69 Å². The molecule has 0 spiro atoms. The number of likely N-dealkylation sites (tertiary alicyclic amines) is 1. The van der Waals surface area contributed by atoms with Gasteiger partial charge in [0.15, 0.2) is 0 Å². The number of aromatic nitrogens is 1. The Balaban J connectivity index is 1.38. The Hall–Kier alpha value is -1.47. The third-order valence-corrected chi connectivity index (χ3v) is 6.90. The molecule has 2 aliphatic heterocycles. The second-order valence-corrected chi connectivity index (χ2v) is 9.42. The molecule has 29 heavy (non-hydrogen) atoms. The Labute approximate surface area is 181 Å². The quantitative estimate of drug-likeness (QED) is 0.711. The molecule has 0 aliphatic carbocycles. The number of ether oxygens (including phenoxy) is 1. The van der Waals surface area contributed by atoms with Gasteiger partial charge in [-0.1, -0.05) is 29.8 Å². The maximum Gasteiger partial charge on any atom is 0.228 e. The van der Waals surface area contributed by atoms with Gasteiger partial charge in [0.25, 0.3) is 0 Å². The van der Waals surface area contributed by atoms with Crippen LogP contribution in [-0.2, 0) is 16.0 Å². The summed E-state index contributed by atoms with van der Waals surface area (Å²) in [4.78, 5) is 22.2. The lowest BCUT2D eigenvalue weighted by atomic mass is 10.1. The molecule has 156 valence electrons. The highest BCUT2D eigenvalue weighted by Gasteiger charge is 2.32. The van der Waals surface area contributed by atoms with Crippen LogP contribution in [0.2, 0.25) is 5.02 Å².